The predicted octanol–water partition coefficient (Wildman–Crippen LogP) is 3.07. The first-order chi connectivity index (χ1) is 9.54. The lowest BCUT2D eigenvalue weighted by Gasteiger charge is -2.08. The Bertz CT molecular complexity index is 637. The molecule has 0 saturated heterocycles. The summed E-state index contributed by atoms with van der Waals surface area (Å²) in [6, 6.07) is 8.18. The van der Waals surface area contributed by atoms with Crippen molar-refractivity contribution in [2.45, 2.75) is 18.4 Å². The molecule has 0 unspecified atom stereocenters. The maximum Gasteiger partial charge on any atom is 0.261 e. The summed E-state index contributed by atoms with van der Waals surface area (Å²) in [6.45, 7) is 2.77. The monoisotopic (exact) mass is 307 g/mol. The molecule has 1 heterocycles. The number of nitrogens with one attached hydrogen (secondary N) is 1. The minimum atomic E-state index is -0.480. The van der Waals surface area contributed by atoms with Crippen LogP contribution in [-0.4, -0.2) is 12.2 Å². The van der Waals surface area contributed by atoms with Crippen LogP contribution in [0.5, 0.6) is 0 Å². The van der Waals surface area contributed by atoms with Crippen molar-refractivity contribution in [3.63, 3.8) is 0 Å². The smallest absolute Gasteiger partial charge is 0.261 e. The Hall–Kier alpha value is -1.66. The highest BCUT2D eigenvalue weighted by Crippen LogP contribution is 2.41. The van der Waals surface area contributed by atoms with E-state index in [1.807, 2.05) is 18.4 Å². The molecule has 2 rings (SSSR count). The minimum absolute atomic E-state index is 0.418. The van der Waals surface area contributed by atoms with Gasteiger partial charge in [0.15, 0.2) is 0 Å². The molecule has 2 aromatic rings. The summed E-state index contributed by atoms with van der Waals surface area (Å²) >= 11 is 2.83. The van der Waals surface area contributed by atoms with Crippen molar-refractivity contribution < 1.29 is 4.79 Å². The van der Waals surface area contributed by atoms with Crippen LogP contribution in [0.15, 0.2) is 29.2 Å². The Balaban J connectivity index is 2.24. The van der Waals surface area contributed by atoms with Crippen LogP contribution in [0, 0.1) is 6.92 Å². The summed E-state index contributed by atoms with van der Waals surface area (Å²) in [5.41, 5.74) is 14.2. The van der Waals surface area contributed by atoms with E-state index in [1.54, 1.807) is 0 Å². The fourth-order valence-electron chi connectivity index (χ4n) is 1.91. The fraction of sp³-hybridized carbons (Fsp3) is 0.214. The summed E-state index contributed by atoms with van der Waals surface area (Å²) in [5.74, 6) is -0.480. The standard InChI is InChI=1S/C14H17N3OS2/c1-8-5-3-4-6-9(8)7-17-14-12(19-2)10(15)11(20-14)13(16)18/h3-6,17H,7,15H2,1-2H3,(H2,16,18). The lowest BCUT2D eigenvalue weighted by atomic mass is 10.1. The topological polar surface area (TPSA) is 81.1 Å². The van der Waals surface area contributed by atoms with Crippen LogP contribution in [0.1, 0.15) is 20.8 Å². The maximum atomic E-state index is 11.3. The Morgan fingerprint density at radius 2 is 2.10 bits per heavy atom. The van der Waals surface area contributed by atoms with Crippen LogP contribution >= 0.6 is 23.1 Å². The van der Waals surface area contributed by atoms with Crippen LogP contribution in [0.4, 0.5) is 10.7 Å². The number of aryl methyl sites for hydroxylation is 1. The Morgan fingerprint density at radius 3 is 2.70 bits per heavy atom. The number of thiophene rings is 1. The van der Waals surface area contributed by atoms with Gasteiger partial charge in [-0.3, -0.25) is 4.79 Å². The number of hydrogen-bond donors (Lipinski definition) is 3. The van der Waals surface area contributed by atoms with E-state index < -0.39 is 5.91 Å². The zero-order valence-electron chi connectivity index (χ0n) is 11.4. The van der Waals surface area contributed by atoms with Gasteiger partial charge in [0.05, 0.1) is 10.6 Å². The Morgan fingerprint density at radius 1 is 1.40 bits per heavy atom. The third-order valence-electron chi connectivity index (χ3n) is 3.03. The molecule has 0 aliphatic carbocycles. The van der Waals surface area contributed by atoms with E-state index in [2.05, 4.69) is 24.4 Å². The number of anilines is 2. The van der Waals surface area contributed by atoms with Gasteiger partial charge in [-0.25, -0.2) is 0 Å². The SMILES string of the molecule is CSc1c(NCc2ccccc2C)sc(C(N)=O)c1N. The number of carbonyl (C=O) groups excluding carboxylic acids is 1. The minimum Gasteiger partial charge on any atom is -0.396 e. The number of rotatable bonds is 5. The first-order valence-corrected chi connectivity index (χ1v) is 8.13. The molecular formula is C14H17N3OS2. The quantitative estimate of drug-likeness (QED) is 0.742. The van der Waals surface area contributed by atoms with Crippen molar-refractivity contribution in [3.05, 3.63) is 40.3 Å². The average Bonchev–Trinajstić information content (AvgIpc) is 2.74. The molecule has 0 bridgehead atoms. The molecule has 0 spiro atoms. The van der Waals surface area contributed by atoms with Gasteiger partial charge in [0.1, 0.15) is 9.88 Å². The largest absolute Gasteiger partial charge is 0.396 e. The van der Waals surface area contributed by atoms with Crippen molar-refractivity contribution in [3.8, 4) is 0 Å². The van der Waals surface area contributed by atoms with Gasteiger partial charge in [-0.15, -0.1) is 23.1 Å². The van der Waals surface area contributed by atoms with Crippen molar-refractivity contribution in [1.29, 1.82) is 0 Å². The highest BCUT2D eigenvalue weighted by molar-refractivity contribution is 7.99. The van der Waals surface area contributed by atoms with Crippen LogP contribution in [0.3, 0.4) is 0 Å². The van der Waals surface area contributed by atoms with Gasteiger partial charge in [-0.2, -0.15) is 0 Å². The molecule has 0 atom stereocenters. The normalized spacial score (nSPS) is 10.5. The molecule has 5 N–H and O–H groups in total. The molecule has 1 amide bonds. The summed E-state index contributed by atoms with van der Waals surface area (Å²) < 4.78 is 0. The lowest BCUT2D eigenvalue weighted by Crippen LogP contribution is -2.10. The fourth-order valence-corrected chi connectivity index (χ4v) is 3.80. The van der Waals surface area contributed by atoms with Gasteiger partial charge in [0.2, 0.25) is 0 Å². The molecule has 0 fully saturated rings. The molecule has 20 heavy (non-hydrogen) atoms. The van der Waals surface area contributed by atoms with Crippen LogP contribution < -0.4 is 16.8 Å². The molecule has 1 aromatic heterocycles. The molecule has 0 saturated carbocycles. The molecule has 4 nitrogen and oxygen atoms in total. The number of amides is 1. The summed E-state index contributed by atoms with van der Waals surface area (Å²) in [6.07, 6.45) is 1.93. The maximum absolute atomic E-state index is 11.3. The van der Waals surface area contributed by atoms with E-state index in [-0.39, 0.29) is 0 Å². The van der Waals surface area contributed by atoms with Crippen LogP contribution in [0.25, 0.3) is 0 Å². The number of hydrogen-bond acceptors (Lipinski definition) is 5. The zero-order chi connectivity index (χ0) is 14.7. The number of nitrogen functional groups attached to an aromatic ring is 1. The number of thioether (sulfide) groups is 1. The molecule has 6 heteroatoms. The number of benzene rings is 1. The van der Waals surface area contributed by atoms with Crippen molar-refractivity contribution in [1.82, 2.24) is 0 Å². The number of nitrogens with two attached hydrogens (primary N) is 2. The second kappa shape index (κ2) is 6.19. The van der Waals surface area contributed by atoms with E-state index >= 15 is 0 Å². The molecule has 0 aliphatic heterocycles. The Kier molecular flexibility index (Phi) is 4.57. The van der Waals surface area contributed by atoms with E-state index in [1.165, 1.54) is 34.2 Å². The number of carbonyl (C=O) groups is 1. The first kappa shape index (κ1) is 14.7. The van der Waals surface area contributed by atoms with E-state index in [0.29, 0.717) is 17.1 Å². The van der Waals surface area contributed by atoms with E-state index in [0.717, 1.165) is 9.90 Å². The van der Waals surface area contributed by atoms with Crippen LogP contribution in [0.2, 0.25) is 0 Å². The van der Waals surface area contributed by atoms with Gasteiger partial charge in [-0.1, -0.05) is 24.3 Å². The summed E-state index contributed by atoms with van der Waals surface area (Å²) in [7, 11) is 0. The third-order valence-corrected chi connectivity index (χ3v) is 5.17. The first-order valence-electron chi connectivity index (χ1n) is 6.09. The average molecular weight is 307 g/mol. The van der Waals surface area contributed by atoms with E-state index in [4.69, 9.17) is 11.5 Å². The highest BCUT2D eigenvalue weighted by Gasteiger charge is 2.18. The van der Waals surface area contributed by atoms with Crippen molar-refractivity contribution in [2.75, 3.05) is 17.3 Å². The second-order valence-corrected chi connectivity index (χ2v) is 6.19. The molecule has 106 valence electrons. The summed E-state index contributed by atoms with van der Waals surface area (Å²) in [4.78, 5) is 12.7. The highest BCUT2D eigenvalue weighted by atomic mass is 32.2. The van der Waals surface area contributed by atoms with Crippen LogP contribution in [-0.2, 0) is 6.54 Å². The molecule has 0 radical (unpaired) electrons. The molecule has 1 aromatic carbocycles. The zero-order valence-corrected chi connectivity index (χ0v) is 13.0. The van der Waals surface area contributed by atoms with Gasteiger partial charge in [0, 0.05) is 6.54 Å². The van der Waals surface area contributed by atoms with Gasteiger partial charge in [-0.05, 0) is 24.3 Å². The number of primary amides is 1. The second-order valence-electron chi connectivity index (χ2n) is 4.35. The van der Waals surface area contributed by atoms with E-state index in [9.17, 15) is 4.79 Å². The van der Waals surface area contributed by atoms with Gasteiger partial charge >= 0.3 is 0 Å². The Labute approximate surface area is 126 Å². The lowest BCUT2D eigenvalue weighted by molar-refractivity contribution is 0.100. The van der Waals surface area contributed by atoms with Gasteiger partial charge < -0.3 is 16.8 Å². The van der Waals surface area contributed by atoms with Crippen molar-refractivity contribution in [2.24, 2.45) is 5.73 Å². The third kappa shape index (κ3) is 2.91. The molecular weight excluding hydrogens is 290 g/mol. The van der Waals surface area contributed by atoms with Gasteiger partial charge in [0.25, 0.3) is 5.91 Å². The molecule has 0 aliphatic rings. The predicted molar refractivity (Wildman–Crippen MR) is 87.5 cm³/mol. The van der Waals surface area contributed by atoms with Crippen molar-refractivity contribution >= 4 is 39.7 Å². The summed E-state index contributed by atoms with van der Waals surface area (Å²) in [5, 5.41) is 4.24.